The maximum Gasteiger partial charge on any atom is 0.407 e. The molecule has 0 saturated carbocycles. The number of ether oxygens (including phenoxy) is 3. The number of alkyl carbamates (subject to hydrolysis) is 1. The second-order valence-corrected chi connectivity index (χ2v) is 12.4. The zero-order valence-corrected chi connectivity index (χ0v) is 27.2. The van der Waals surface area contributed by atoms with Gasteiger partial charge in [-0.3, -0.25) is 9.59 Å². The number of nitrogens with one attached hydrogen (secondary N) is 3. The van der Waals surface area contributed by atoms with Crippen LogP contribution < -0.4 is 16.0 Å². The van der Waals surface area contributed by atoms with Crippen molar-refractivity contribution < 1.29 is 33.4 Å². The van der Waals surface area contributed by atoms with E-state index in [1.54, 1.807) is 27.7 Å². The van der Waals surface area contributed by atoms with E-state index in [1.165, 1.54) is 13.8 Å². The van der Waals surface area contributed by atoms with Crippen molar-refractivity contribution in [2.75, 3.05) is 6.61 Å². The Morgan fingerprint density at radius 3 is 1.85 bits per heavy atom. The molecule has 4 rings (SSSR count). The molecule has 10 heteroatoms. The Morgan fingerprint density at radius 1 is 0.717 bits per heavy atom. The molecule has 0 aliphatic heterocycles. The van der Waals surface area contributed by atoms with E-state index in [-0.39, 0.29) is 19.1 Å². The Kier molecular flexibility index (Phi) is 11.2. The van der Waals surface area contributed by atoms with Gasteiger partial charge < -0.3 is 30.2 Å². The Morgan fingerprint density at radius 2 is 1.26 bits per heavy atom. The fraction of sp³-hybridized carbons (Fsp3) is 0.389. The van der Waals surface area contributed by atoms with E-state index in [2.05, 4.69) is 16.0 Å². The molecule has 0 aromatic heterocycles. The molecule has 46 heavy (non-hydrogen) atoms. The number of hydrogen-bond donors (Lipinski definition) is 3. The van der Waals surface area contributed by atoms with Gasteiger partial charge in [0.25, 0.3) is 0 Å². The minimum Gasteiger partial charge on any atom is -0.458 e. The first-order chi connectivity index (χ1) is 21.8. The van der Waals surface area contributed by atoms with Gasteiger partial charge in [-0.15, -0.1) is 0 Å². The van der Waals surface area contributed by atoms with E-state index < -0.39 is 53.7 Å². The van der Waals surface area contributed by atoms with Crippen molar-refractivity contribution in [1.29, 1.82) is 0 Å². The van der Waals surface area contributed by atoms with Crippen LogP contribution in [0.5, 0.6) is 0 Å². The van der Waals surface area contributed by atoms with Gasteiger partial charge in [0.05, 0.1) is 12.7 Å². The highest BCUT2D eigenvalue weighted by Crippen LogP contribution is 2.44. The van der Waals surface area contributed by atoms with Crippen molar-refractivity contribution in [3.8, 4) is 11.1 Å². The summed E-state index contributed by atoms with van der Waals surface area (Å²) in [5.41, 5.74) is 4.49. The third-order valence-corrected chi connectivity index (χ3v) is 7.60. The number of esters is 1. The third kappa shape index (κ3) is 8.94. The minimum atomic E-state index is -1.20. The Bertz CT molecular complexity index is 1490. The van der Waals surface area contributed by atoms with Crippen molar-refractivity contribution >= 4 is 23.9 Å². The molecule has 1 aliphatic rings. The largest absolute Gasteiger partial charge is 0.458 e. The molecule has 0 spiro atoms. The molecule has 3 N–H and O–H groups in total. The molecule has 0 heterocycles. The average Bonchev–Trinajstić information content (AvgIpc) is 3.34. The fourth-order valence-corrected chi connectivity index (χ4v) is 5.22. The summed E-state index contributed by atoms with van der Waals surface area (Å²) in [6, 6.07) is 22.2. The summed E-state index contributed by atoms with van der Waals surface area (Å²) in [4.78, 5) is 51.9. The lowest BCUT2D eigenvalue weighted by atomic mass is 9.98. The Balaban J connectivity index is 1.42. The molecular formula is C36H43N3O7. The van der Waals surface area contributed by atoms with Gasteiger partial charge in [-0.2, -0.15) is 0 Å². The number of carbonyl (C=O) groups is 4. The zero-order valence-electron chi connectivity index (χ0n) is 27.2. The molecule has 10 nitrogen and oxygen atoms in total. The number of hydrogen-bond acceptors (Lipinski definition) is 7. The van der Waals surface area contributed by atoms with Gasteiger partial charge >= 0.3 is 12.1 Å². The summed E-state index contributed by atoms with van der Waals surface area (Å²) in [5, 5.41) is 7.84. The number of fused-ring (bicyclic) bond motifs is 3. The minimum absolute atomic E-state index is 0.0643. The van der Waals surface area contributed by atoms with Crippen LogP contribution in [-0.2, 0) is 35.2 Å². The first-order valence-corrected chi connectivity index (χ1v) is 15.4. The van der Waals surface area contributed by atoms with E-state index in [9.17, 15) is 19.2 Å². The topological polar surface area (TPSA) is 132 Å². The molecule has 244 valence electrons. The quantitative estimate of drug-likeness (QED) is 0.244. The van der Waals surface area contributed by atoms with Crippen LogP contribution in [0.1, 0.15) is 64.2 Å². The van der Waals surface area contributed by atoms with Crippen LogP contribution in [0.3, 0.4) is 0 Å². The molecular weight excluding hydrogens is 586 g/mol. The van der Waals surface area contributed by atoms with E-state index in [0.29, 0.717) is 0 Å². The maximum absolute atomic E-state index is 13.5. The predicted molar refractivity (Wildman–Crippen MR) is 174 cm³/mol. The molecule has 0 saturated heterocycles. The van der Waals surface area contributed by atoms with Gasteiger partial charge in [0.15, 0.2) is 0 Å². The van der Waals surface area contributed by atoms with Crippen LogP contribution in [0.15, 0.2) is 78.9 Å². The number of rotatable bonds is 12. The van der Waals surface area contributed by atoms with Crippen molar-refractivity contribution in [3.05, 3.63) is 95.6 Å². The molecule has 0 fully saturated rings. The van der Waals surface area contributed by atoms with Crippen LogP contribution in [-0.4, -0.2) is 60.3 Å². The van der Waals surface area contributed by atoms with Crippen LogP contribution in [0.2, 0.25) is 0 Å². The molecule has 3 aromatic carbocycles. The molecule has 1 aliphatic carbocycles. The first-order valence-electron chi connectivity index (χ1n) is 15.4. The van der Waals surface area contributed by atoms with E-state index in [0.717, 1.165) is 27.8 Å². The fourth-order valence-electron chi connectivity index (χ4n) is 5.22. The zero-order chi connectivity index (χ0) is 33.4. The van der Waals surface area contributed by atoms with Gasteiger partial charge in [-0.1, -0.05) is 78.9 Å². The molecule has 3 aromatic rings. The smallest absolute Gasteiger partial charge is 0.407 e. The highest BCUT2D eigenvalue weighted by Gasteiger charge is 2.33. The van der Waals surface area contributed by atoms with Crippen molar-refractivity contribution in [3.63, 3.8) is 0 Å². The van der Waals surface area contributed by atoms with Crippen molar-refractivity contribution in [2.45, 2.75) is 83.9 Å². The van der Waals surface area contributed by atoms with Gasteiger partial charge in [0, 0.05) is 5.92 Å². The summed E-state index contributed by atoms with van der Waals surface area (Å²) in [7, 11) is 0. The number of carbonyl (C=O) groups excluding carboxylic acids is 4. The summed E-state index contributed by atoms with van der Waals surface area (Å²) in [6.07, 6.45) is -1.59. The Labute approximate surface area is 270 Å². The van der Waals surface area contributed by atoms with Crippen LogP contribution in [0.25, 0.3) is 11.1 Å². The summed E-state index contributed by atoms with van der Waals surface area (Å²) < 4.78 is 17.0. The molecule has 3 amide bonds. The lowest BCUT2D eigenvalue weighted by Gasteiger charge is -2.27. The highest BCUT2D eigenvalue weighted by molar-refractivity contribution is 5.93. The second kappa shape index (κ2) is 15.1. The summed E-state index contributed by atoms with van der Waals surface area (Å²) in [6.45, 7) is 10.1. The number of amides is 3. The lowest BCUT2D eigenvalue weighted by molar-refractivity contribution is -0.158. The lowest BCUT2D eigenvalue weighted by Crippen LogP contribution is -2.57. The molecule has 4 atom stereocenters. The third-order valence-electron chi connectivity index (χ3n) is 7.60. The van der Waals surface area contributed by atoms with E-state index in [4.69, 9.17) is 14.2 Å². The summed E-state index contributed by atoms with van der Waals surface area (Å²) in [5.74, 6) is -2.00. The normalized spacial score (nSPS) is 14.9. The van der Waals surface area contributed by atoms with Gasteiger partial charge in [0.2, 0.25) is 11.8 Å². The standard InChI is InChI=1S/C36H43N3O7/c1-22(32(40)38-23(2)34(42)46-36(4,5)6)37-33(41)31(24(3)44-20-25-14-8-7-9-15-25)39-35(43)45-21-30-28-18-12-10-16-26(28)27-17-11-13-19-29(27)30/h7-19,22-24,30-31H,20-21H2,1-6H3,(H,37,41)(H,38,40)(H,39,43)/t22-,23-,24+,31-/m0/s1. The second-order valence-electron chi connectivity index (χ2n) is 12.4. The average molecular weight is 630 g/mol. The van der Waals surface area contributed by atoms with Gasteiger partial charge in [-0.05, 0) is 69.4 Å². The van der Waals surface area contributed by atoms with Gasteiger partial charge in [0.1, 0.15) is 30.3 Å². The van der Waals surface area contributed by atoms with Crippen LogP contribution in [0, 0.1) is 0 Å². The maximum atomic E-state index is 13.5. The van der Waals surface area contributed by atoms with E-state index in [1.807, 2.05) is 78.9 Å². The molecule has 0 unspecified atom stereocenters. The van der Waals surface area contributed by atoms with Crippen molar-refractivity contribution in [1.82, 2.24) is 16.0 Å². The summed E-state index contributed by atoms with van der Waals surface area (Å²) >= 11 is 0. The predicted octanol–water partition coefficient (Wildman–Crippen LogP) is 4.85. The monoisotopic (exact) mass is 629 g/mol. The van der Waals surface area contributed by atoms with Crippen molar-refractivity contribution in [2.24, 2.45) is 0 Å². The van der Waals surface area contributed by atoms with Gasteiger partial charge in [-0.25, -0.2) is 9.59 Å². The Hall–Kier alpha value is -4.70. The van der Waals surface area contributed by atoms with Crippen LogP contribution in [0.4, 0.5) is 4.79 Å². The number of benzene rings is 3. The highest BCUT2D eigenvalue weighted by atomic mass is 16.6. The first kappa shape index (κ1) is 34.2. The van der Waals surface area contributed by atoms with Crippen LogP contribution >= 0.6 is 0 Å². The molecule has 0 radical (unpaired) electrons. The molecule has 0 bridgehead atoms. The SMILES string of the molecule is C[C@H](NC(=O)[C@@H](NC(=O)OCC1c2ccccc2-c2ccccc21)[C@@H](C)OCc1ccccc1)C(=O)N[C@@H](C)C(=O)OC(C)(C)C. The van der Waals surface area contributed by atoms with E-state index >= 15 is 0 Å².